The number of hydrogen-bond donors (Lipinski definition) is 1. The van der Waals surface area contributed by atoms with Crippen LogP contribution in [0.25, 0.3) is 0 Å². The average Bonchev–Trinajstić information content (AvgIpc) is 3.08. The highest BCUT2D eigenvalue weighted by Crippen LogP contribution is 2.32. The molecule has 3 heteroatoms. The smallest absolute Gasteiger partial charge is 0.120 e. The molecule has 0 spiro atoms. The van der Waals surface area contributed by atoms with Crippen LogP contribution < -0.4 is 10.5 Å². The number of ether oxygens (including phenoxy) is 2. The van der Waals surface area contributed by atoms with E-state index < -0.39 is 0 Å². The summed E-state index contributed by atoms with van der Waals surface area (Å²) in [4.78, 5) is 0. The number of hydrogen-bond acceptors (Lipinski definition) is 3. The number of benzene rings is 1. The second-order valence-corrected chi connectivity index (χ2v) is 5.52. The van der Waals surface area contributed by atoms with Gasteiger partial charge in [0.15, 0.2) is 0 Å². The SMILES string of the molecule is CC1CCOC1C(N)c1cccc(OC2CC2)c1. The molecule has 3 nitrogen and oxygen atoms in total. The van der Waals surface area contributed by atoms with Crippen LogP contribution in [0, 0.1) is 5.92 Å². The first kappa shape index (κ1) is 12.0. The lowest BCUT2D eigenvalue weighted by Gasteiger charge is -2.23. The molecule has 2 aliphatic rings. The van der Waals surface area contributed by atoms with Gasteiger partial charge in [0.1, 0.15) is 5.75 Å². The largest absolute Gasteiger partial charge is 0.490 e. The van der Waals surface area contributed by atoms with Crippen LogP contribution >= 0.6 is 0 Å². The summed E-state index contributed by atoms with van der Waals surface area (Å²) < 4.78 is 11.6. The molecule has 2 N–H and O–H groups in total. The molecule has 18 heavy (non-hydrogen) atoms. The van der Waals surface area contributed by atoms with Gasteiger partial charge in [-0.2, -0.15) is 0 Å². The Morgan fingerprint density at radius 2 is 2.17 bits per heavy atom. The topological polar surface area (TPSA) is 44.5 Å². The molecule has 3 atom stereocenters. The zero-order valence-corrected chi connectivity index (χ0v) is 10.8. The third-order valence-electron chi connectivity index (χ3n) is 3.87. The van der Waals surface area contributed by atoms with E-state index in [1.54, 1.807) is 0 Å². The van der Waals surface area contributed by atoms with Crippen molar-refractivity contribution >= 4 is 0 Å². The summed E-state index contributed by atoms with van der Waals surface area (Å²) in [5, 5.41) is 0. The third-order valence-corrected chi connectivity index (χ3v) is 3.87. The van der Waals surface area contributed by atoms with Crippen LogP contribution in [-0.4, -0.2) is 18.8 Å². The monoisotopic (exact) mass is 247 g/mol. The Morgan fingerprint density at radius 1 is 1.33 bits per heavy atom. The predicted octanol–water partition coefficient (Wildman–Crippen LogP) is 2.65. The van der Waals surface area contributed by atoms with Crippen LogP contribution in [0.15, 0.2) is 24.3 Å². The van der Waals surface area contributed by atoms with Crippen molar-refractivity contribution < 1.29 is 9.47 Å². The van der Waals surface area contributed by atoms with Crippen molar-refractivity contribution in [1.82, 2.24) is 0 Å². The van der Waals surface area contributed by atoms with Crippen LogP contribution in [0.3, 0.4) is 0 Å². The van der Waals surface area contributed by atoms with Gasteiger partial charge in [0.05, 0.1) is 18.2 Å². The fourth-order valence-electron chi connectivity index (χ4n) is 2.54. The maximum absolute atomic E-state index is 6.33. The van der Waals surface area contributed by atoms with Crippen molar-refractivity contribution in [2.45, 2.75) is 44.4 Å². The molecule has 98 valence electrons. The second-order valence-electron chi connectivity index (χ2n) is 5.52. The van der Waals surface area contributed by atoms with Gasteiger partial charge >= 0.3 is 0 Å². The van der Waals surface area contributed by atoms with Crippen LogP contribution in [-0.2, 0) is 4.74 Å². The third kappa shape index (κ3) is 2.52. The Bertz CT molecular complexity index is 417. The quantitative estimate of drug-likeness (QED) is 0.889. The molecule has 1 aliphatic heterocycles. The van der Waals surface area contributed by atoms with Gasteiger partial charge < -0.3 is 15.2 Å². The molecular weight excluding hydrogens is 226 g/mol. The second kappa shape index (κ2) is 4.90. The van der Waals surface area contributed by atoms with Gasteiger partial charge in [-0.1, -0.05) is 19.1 Å². The molecule has 1 saturated heterocycles. The Kier molecular flexibility index (Phi) is 3.27. The fraction of sp³-hybridized carbons (Fsp3) is 0.600. The highest BCUT2D eigenvalue weighted by atomic mass is 16.5. The predicted molar refractivity (Wildman–Crippen MR) is 70.5 cm³/mol. The molecule has 2 fully saturated rings. The molecular formula is C15H21NO2. The van der Waals surface area contributed by atoms with Gasteiger partial charge in [-0.05, 0) is 42.9 Å². The van der Waals surface area contributed by atoms with E-state index in [2.05, 4.69) is 19.1 Å². The molecule has 1 aromatic rings. The van der Waals surface area contributed by atoms with E-state index >= 15 is 0 Å². The van der Waals surface area contributed by atoms with Gasteiger partial charge in [0.25, 0.3) is 0 Å². The van der Waals surface area contributed by atoms with Gasteiger partial charge in [-0.25, -0.2) is 0 Å². The molecule has 0 bridgehead atoms. The summed E-state index contributed by atoms with van der Waals surface area (Å²) in [5.41, 5.74) is 7.44. The van der Waals surface area contributed by atoms with Crippen molar-refractivity contribution in [3.63, 3.8) is 0 Å². The molecule has 0 amide bonds. The van der Waals surface area contributed by atoms with Crippen LogP contribution in [0.2, 0.25) is 0 Å². The summed E-state index contributed by atoms with van der Waals surface area (Å²) in [6, 6.07) is 8.11. The molecule has 1 saturated carbocycles. The highest BCUT2D eigenvalue weighted by molar-refractivity contribution is 5.31. The van der Waals surface area contributed by atoms with Crippen molar-refractivity contribution in [2.24, 2.45) is 11.7 Å². The zero-order chi connectivity index (χ0) is 12.5. The van der Waals surface area contributed by atoms with Crippen LogP contribution in [0.5, 0.6) is 5.75 Å². The van der Waals surface area contributed by atoms with Crippen molar-refractivity contribution in [3.05, 3.63) is 29.8 Å². The van der Waals surface area contributed by atoms with Gasteiger partial charge in [0, 0.05) is 6.61 Å². The average molecular weight is 247 g/mol. The van der Waals surface area contributed by atoms with E-state index in [-0.39, 0.29) is 12.1 Å². The van der Waals surface area contributed by atoms with E-state index in [0.717, 1.165) is 24.3 Å². The Morgan fingerprint density at radius 3 is 2.83 bits per heavy atom. The van der Waals surface area contributed by atoms with E-state index in [1.165, 1.54) is 12.8 Å². The summed E-state index contributed by atoms with van der Waals surface area (Å²) in [6.07, 6.45) is 4.04. The zero-order valence-electron chi connectivity index (χ0n) is 10.8. The lowest BCUT2D eigenvalue weighted by Crippen LogP contribution is -2.29. The van der Waals surface area contributed by atoms with E-state index in [0.29, 0.717) is 12.0 Å². The minimum absolute atomic E-state index is 0.0507. The lowest BCUT2D eigenvalue weighted by atomic mass is 9.93. The summed E-state index contributed by atoms with van der Waals surface area (Å²) in [7, 11) is 0. The van der Waals surface area contributed by atoms with Crippen LogP contribution in [0.1, 0.15) is 37.8 Å². The van der Waals surface area contributed by atoms with E-state index in [4.69, 9.17) is 15.2 Å². The summed E-state index contributed by atoms with van der Waals surface area (Å²) in [6.45, 7) is 3.04. The van der Waals surface area contributed by atoms with Crippen LogP contribution in [0.4, 0.5) is 0 Å². The fourth-order valence-corrected chi connectivity index (χ4v) is 2.54. The first-order valence-electron chi connectivity index (χ1n) is 6.88. The van der Waals surface area contributed by atoms with E-state index in [9.17, 15) is 0 Å². The van der Waals surface area contributed by atoms with Crippen molar-refractivity contribution in [3.8, 4) is 5.75 Å². The standard InChI is InChI=1S/C15H21NO2/c1-10-7-8-17-15(10)14(16)11-3-2-4-13(9-11)18-12-5-6-12/h2-4,9-10,12,14-15H,5-8,16H2,1H3. The van der Waals surface area contributed by atoms with Crippen molar-refractivity contribution in [2.75, 3.05) is 6.61 Å². The maximum atomic E-state index is 6.33. The first-order valence-corrected chi connectivity index (χ1v) is 6.88. The maximum Gasteiger partial charge on any atom is 0.120 e. The molecule has 0 aromatic heterocycles. The molecule has 1 aliphatic carbocycles. The lowest BCUT2D eigenvalue weighted by molar-refractivity contribution is 0.0724. The van der Waals surface area contributed by atoms with Gasteiger partial charge in [0.2, 0.25) is 0 Å². The molecule has 3 unspecified atom stereocenters. The summed E-state index contributed by atoms with van der Waals surface area (Å²) >= 11 is 0. The Balaban J connectivity index is 1.73. The first-order chi connectivity index (χ1) is 8.74. The number of rotatable bonds is 4. The normalized spacial score (nSPS) is 29.2. The van der Waals surface area contributed by atoms with Gasteiger partial charge in [-0.3, -0.25) is 0 Å². The minimum Gasteiger partial charge on any atom is -0.490 e. The molecule has 3 rings (SSSR count). The minimum atomic E-state index is -0.0507. The highest BCUT2D eigenvalue weighted by Gasteiger charge is 2.31. The molecule has 0 radical (unpaired) electrons. The Labute approximate surface area is 108 Å². The van der Waals surface area contributed by atoms with Crippen molar-refractivity contribution in [1.29, 1.82) is 0 Å². The van der Waals surface area contributed by atoms with Gasteiger partial charge in [-0.15, -0.1) is 0 Å². The molecule has 1 heterocycles. The number of nitrogens with two attached hydrogens (primary N) is 1. The summed E-state index contributed by atoms with van der Waals surface area (Å²) in [5.74, 6) is 1.48. The molecule has 1 aromatic carbocycles. The van der Waals surface area contributed by atoms with E-state index in [1.807, 2.05) is 12.1 Å². The Hall–Kier alpha value is -1.06.